The number of hydrogen-bond donors (Lipinski definition) is 0. The minimum Gasteiger partial charge on any atom is -0.493 e. The Hall–Kier alpha value is -3.66. The van der Waals surface area contributed by atoms with Crippen molar-refractivity contribution in [2.75, 3.05) is 26.4 Å². The highest BCUT2D eigenvalue weighted by molar-refractivity contribution is 5.74. The molecule has 0 saturated carbocycles. The number of unbranched alkanes of at least 4 members (excludes halogenated alkanes) is 48. The van der Waals surface area contributed by atoms with E-state index in [1.807, 2.05) is 0 Å². The van der Waals surface area contributed by atoms with Crippen LogP contribution < -0.4 is 18.9 Å². The summed E-state index contributed by atoms with van der Waals surface area (Å²) in [5, 5.41) is 0. The van der Waals surface area contributed by atoms with Gasteiger partial charge in [0.05, 0.1) is 26.4 Å². The monoisotopic (exact) mass is 1470 g/mol. The van der Waals surface area contributed by atoms with Gasteiger partial charge in [0, 0.05) is 12.1 Å². The molecular formula is C102H178O4. The SMILES string of the molecule is CCCCCCCCCCC(CCCCCCCC)COc1cc(C=Cc2ccc(C=Cc3cc(OCC(CCCCCCCC)CCCCCCCCCC)cc(OCC(CCCCCCCC)CCCCCCCCCC)c3)cc2)cc(OCC(CCCCCCCC)CCCCCCCCCC)c1. The van der Waals surface area contributed by atoms with Gasteiger partial charge in [-0.3, -0.25) is 0 Å². The quantitative estimate of drug-likeness (QED) is 0.0417. The number of benzene rings is 3. The second-order valence-corrected chi connectivity index (χ2v) is 33.8. The first-order valence-electron chi connectivity index (χ1n) is 47.6. The van der Waals surface area contributed by atoms with Crippen molar-refractivity contribution in [2.45, 2.75) is 466 Å². The maximum absolute atomic E-state index is 6.99. The first kappa shape index (κ1) is 96.5. The smallest absolute Gasteiger partial charge is 0.123 e. The molecule has 4 unspecified atom stereocenters. The summed E-state index contributed by atoms with van der Waals surface area (Å²) in [7, 11) is 0. The summed E-state index contributed by atoms with van der Waals surface area (Å²) in [5.41, 5.74) is 4.67. The van der Waals surface area contributed by atoms with Crippen molar-refractivity contribution in [1.29, 1.82) is 0 Å². The zero-order valence-corrected chi connectivity index (χ0v) is 72.1. The van der Waals surface area contributed by atoms with Crippen LogP contribution in [0.15, 0.2) is 60.7 Å². The molecule has 0 fully saturated rings. The lowest BCUT2D eigenvalue weighted by atomic mass is 9.94. The van der Waals surface area contributed by atoms with E-state index in [0.29, 0.717) is 23.7 Å². The predicted molar refractivity (Wildman–Crippen MR) is 474 cm³/mol. The molecule has 610 valence electrons. The summed E-state index contributed by atoms with van der Waals surface area (Å²) >= 11 is 0. The Morgan fingerprint density at radius 2 is 0.321 bits per heavy atom. The highest BCUT2D eigenvalue weighted by Crippen LogP contribution is 2.33. The Morgan fingerprint density at radius 3 is 0.481 bits per heavy atom. The Kier molecular flexibility index (Phi) is 66.4. The van der Waals surface area contributed by atoms with Gasteiger partial charge in [-0.2, -0.15) is 0 Å². The molecule has 0 radical (unpaired) electrons. The molecule has 0 spiro atoms. The molecule has 4 atom stereocenters. The lowest BCUT2D eigenvalue weighted by molar-refractivity contribution is 0.214. The van der Waals surface area contributed by atoms with E-state index in [0.717, 1.165) is 60.6 Å². The molecule has 106 heavy (non-hydrogen) atoms. The summed E-state index contributed by atoms with van der Waals surface area (Å²) in [5.74, 6) is 6.17. The number of rotatable bonds is 80. The predicted octanol–water partition coefficient (Wildman–Crippen LogP) is 35.1. The molecule has 0 N–H and O–H groups in total. The third-order valence-electron chi connectivity index (χ3n) is 23.3. The van der Waals surface area contributed by atoms with E-state index in [1.165, 1.54) is 422 Å². The zero-order chi connectivity index (χ0) is 75.7. The summed E-state index contributed by atoms with van der Waals surface area (Å²) in [6.45, 7) is 21.8. The standard InChI is InChI=1S/C102H178O4/c1-9-17-25-33-41-45-53-61-69-93(65-57-49-37-29-21-13-5)87-103-99-81-97(82-100(85-99)104-88-94(66-58-50-38-30-22-14-6)70-62-54-46-42-34-26-18-10-2)79-77-91-73-75-92(76-74-91)78-80-98-83-101(105-89-95(67-59-51-39-31-23-15-7)71-63-55-47-43-35-27-19-11-3)86-102(84-98)106-90-96(68-60-52-40-32-24-16-8)72-64-56-48-44-36-28-20-12-4/h73-86,93-96H,9-72,87-90H2,1-8H3. The van der Waals surface area contributed by atoms with Crippen LogP contribution in [0.4, 0.5) is 0 Å². The van der Waals surface area contributed by atoms with Crippen LogP contribution in [0.2, 0.25) is 0 Å². The van der Waals surface area contributed by atoms with E-state index >= 15 is 0 Å². The van der Waals surface area contributed by atoms with Gasteiger partial charge in [0.2, 0.25) is 0 Å². The van der Waals surface area contributed by atoms with Gasteiger partial charge in [-0.25, -0.2) is 0 Å². The van der Waals surface area contributed by atoms with Crippen LogP contribution in [0, 0.1) is 23.7 Å². The molecule has 4 heteroatoms. The van der Waals surface area contributed by atoms with Crippen molar-refractivity contribution in [3.05, 3.63) is 82.9 Å². The fourth-order valence-electron chi connectivity index (χ4n) is 16.0. The van der Waals surface area contributed by atoms with Gasteiger partial charge >= 0.3 is 0 Å². The van der Waals surface area contributed by atoms with E-state index < -0.39 is 0 Å². The van der Waals surface area contributed by atoms with E-state index in [2.05, 4.69) is 140 Å². The largest absolute Gasteiger partial charge is 0.493 e. The van der Waals surface area contributed by atoms with E-state index in [4.69, 9.17) is 18.9 Å². The Bertz CT molecular complexity index is 2090. The van der Waals surface area contributed by atoms with Crippen LogP contribution in [-0.4, -0.2) is 26.4 Å². The molecule has 3 rings (SSSR count). The molecule has 0 bridgehead atoms. The summed E-state index contributed by atoms with van der Waals surface area (Å²) in [6.07, 6.45) is 95.4. The van der Waals surface area contributed by atoms with Crippen LogP contribution in [0.5, 0.6) is 23.0 Å². The second kappa shape index (κ2) is 72.9. The lowest BCUT2D eigenvalue weighted by Crippen LogP contribution is -2.14. The Morgan fingerprint density at radius 1 is 0.179 bits per heavy atom. The van der Waals surface area contributed by atoms with Crippen LogP contribution >= 0.6 is 0 Å². The lowest BCUT2D eigenvalue weighted by Gasteiger charge is -2.20. The highest BCUT2D eigenvalue weighted by Gasteiger charge is 2.17. The van der Waals surface area contributed by atoms with Crippen LogP contribution in [0.1, 0.15) is 489 Å². The molecule has 0 amide bonds. The average Bonchev–Trinajstić information content (AvgIpc) is 0.864. The Labute approximate surface area is 661 Å². The number of hydrogen-bond acceptors (Lipinski definition) is 4. The molecule has 0 aliphatic rings. The zero-order valence-electron chi connectivity index (χ0n) is 72.1. The molecule has 0 aromatic heterocycles. The fourth-order valence-corrected chi connectivity index (χ4v) is 16.0. The third kappa shape index (κ3) is 56.5. The molecule has 0 heterocycles. The molecule has 3 aromatic carbocycles. The van der Waals surface area contributed by atoms with Crippen molar-refractivity contribution in [3.8, 4) is 23.0 Å². The number of ether oxygens (including phenoxy) is 4. The van der Waals surface area contributed by atoms with Crippen LogP contribution in [0.25, 0.3) is 24.3 Å². The maximum Gasteiger partial charge on any atom is 0.123 e. The van der Waals surface area contributed by atoms with E-state index in [1.54, 1.807) is 0 Å². The van der Waals surface area contributed by atoms with Gasteiger partial charge in [-0.1, -0.05) is 464 Å². The fraction of sp³-hybridized carbons (Fsp3) is 0.784. The van der Waals surface area contributed by atoms with Crippen molar-refractivity contribution in [2.24, 2.45) is 23.7 Å². The Balaban J connectivity index is 1.97. The van der Waals surface area contributed by atoms with Gasteiger partial charge in [0.15, 0.2) is 0 Å². The summed E-state index contributed by atoms with van der Waals surface area (Å²) in [4.78, 5) is 0. The molecule has 3 aromatic rings. The maximum atomic E-state index is 6.99. The van der Waals surface area contributed by atoms with E-state index in [9.17, 15) is 0 Å². The molecule has 4 nitrogen and oxygen atoms in total. The van der Waals surface area contributed by atoms with Crippen molar-refractivity contribution in [1.82, 2.24) is 0 Å². The van der Waals surface area contributed by atoms with Crippen molar-refractivity contribution >= 4 is 24.3 Å². The topological polar surface area (TPSA) is 36.9 Å². The van der Waals surface area contributed by atoms with Gasteiger partial charge in [0.25, 0.3) is 0 Å². The normalized spacial score (nSPS) is 13.0. The molecule has 0 aliphatic heterocycles. The van der Waals surface area contributed by atoms with Gasteiger partial charge in [-0.05, 0) is 122 Å². The first-order valence-corrected chi connectivity index (χ1v) is 47.6. The van der Waals surface area contributed by atoms with Crippen molar-refractivity contribution < 1.29 is 18.9 Å². The van der Waals surface area contributed by atoms with Crippen molar-refractivity contribution in [3.63, 3.8) is 0 Å². The summed E-state index contributed by atoms with van der Waals surface area (Å²) < 4.78 is 28.0. The van der Waals surface area contributed by atoms with E-state index in [-0.39, 0.29) is 0 Å². The van der Waals surface area contributed by atoms with Gasteiger partial charge in [-0.15, -0.1) is 0 Å². The third-order valence-corrected chi connectivity index (χ3v) is 23.3. The average molecular weight is 1470 g/mol. The minimum atomic E-state index is 0.585. The first-order chi connectivity index (χ1) is 52.4. The van der Waals surface area contributed by atoms with Gasteiger partial charge in [0.1, 0.15) is 23.0 Å². The molecular weight excluding hydrogens is 1290 g/mol. The second-order valence-electron chi connectivity index (χ2n) is 33.8. The van der Waals surface area contributed by atoms with Crippen LogP contribution in [0.3, 0.4) is 0 Å². The minimum absolute atomic E-state index is 0.585. The van der Waals surface area contributed by atoms with Crippen LogP contribution in [-0.2, 0) is 0 Å². The highest BCUT2D eigenvalue weighted by atomic mass is 16.5. The molecule has 0 saturated heterocycles. The molecule has 0 aliphatic carbocycles. The summed E-state index contributed by atoms with van der Waals surface area (Å²) in [6, 6.07) is 22.7. The van der Waals surface area contributed by atoms with Gasteiger partial charge < -0.3 is 18.9 Å².